The Labute approximate surface area is 148 Å². The lowest BCUT2D eigenvalue weighted by atomic mass is 10.1. The Morgan fingerprint density at radius 3 is 2.52 bits per heavy atom. The molecule has 5 nitrogen and oxygen atoms in total. The first-order valence-corrected chi connectivity index (χ1v) is 8.81. The molecular formula is C19H15N3O2S. The van der Waals surface area contributed by atoms with Crippen LogP contribution in [-0.2, 0) is 0 Å². The van der Waals surface area contributed by atoms with Crippen molar-refractivity contribution in [1.29, 1.82) is 0 Å². The van der Waals surface area contributed by atoms with E-state index in [1.165, 1.54) is 11.3 Å². The summed E-state index contributed by atoms with van der Waals surface area (Å²) in [6.45, 7) is 2.53. The van der Waals surface area contributed by atoms with Crippen LogP contribution in [0.25, 0.3) is 27.5 Å². The molecule has 2 aromatic heterocycles. The van der Waals surface area contributed by atoms with E-state index in [9.17, 15) is 4.79 Å². The molecule has 6 heteroatoms. The topological polar surface area (TPSA) is 56.5 Å². The molecule has 0 spiro atoms. The lowest BCUT2D eigenvalue weighted by molar-refractivity contribution is 0.340. The van der Waals surface area contributed by atoms with Crippen LogP contribution < -0.4 is 10.3 Å². The monoisotopic (exact) mass is 349 g/mol. The first kappa shape index (κ1) is 15.5. The van der Waals surface area contributed by atoms with Crippen LogP contribution in [0.4, 0.5) is 0 Å². The normalized spacial score (nSPS) is 10.9. The van der Waals surface area contributed by atoms with E-state index in [1.54, 1.807) is 4.52 Å². The minimum absolute atomic E-state index is 0.328. The van der Waals surface area contributed by atoms with Crippen LogP contribution in [-0.4, -0.2) is 21.2 Å². The van der Waals surface area contributed by atoms with Gasteiger partial charge in [0.05, 0.1) is 12.3 Å². The van der Waals surface area contributed by atoms with E-state index in [4.69, 9.17) is 4.74 Å². The van der Waals surface area contributed by atoms with Crippen LogP contribution in [0.5, 0.6) is 5.75 Å². The molecule has 0 aliphatic rings. The maximum absolute atomic E-state index is 12.4. The van der Waals surface area contributed by atoms with Gasteiger partial charge in [-0.05, 0) is 31.2 Å². The third-order valence-corrected chi connectivity index (χ3v) is 4.61. The molecule has 124 valence electrons. The Kier molecular flexibility index (Phi) is 4.03. The van der Waals surface area contributed by atoms with E-state index in [0.717, 1.165) is 22.6 Å². The van der Waals surface area contributed by atoms with Gasteiger partial charge in [0.1, 0.15) is 5.75 Å². The smallest absolute Gasteiger partial charge is 0.300 e. The highest BCUT2D eigenvalue weighted by Crippen LogP contribution is 2.25. The van der Waals surface area contributed by atoms with Crippen molar-refractivity contribution < 1.29 is 4.74 Å². The second-order valence-corrected chi connectivity index (χ2v) is 6.24. The summed E-state index contributed by atoms with van der Waals surface area (Å²) in [5.41, 5.74) is 2.67. The summed E-state index contributed by atoms with van der Waals surface area (Å²) >= 11 is 1.41. The van der Waals surface area contributed by atoms with Gasteiger partial charge in [-0.25, -0.2) is 4.52 Å². The van der Waals surface area contributed by atoms with E-state index in [1.807, 2.05) is 66.9 Å². The summed E-state index contributed by atoms with van der Waals surface area (Å²) in [5.74, 6) is 0.765. The number of benzene rings is 2. The van der Waals surface area contributed by atoms with Crippen molar-refractivity contribution in [3.63, 3.8) is 0 Å². The second kappa shape index (κ2) is 6.49. The first-order valence-electron chi connectivity index (χ1n) is 7.93. The fourth-order valence-corrected chi connectivity index (χ4v) is 3.45. The number of ether oxygens (including phenoxy) is 1. The van der Waals surface area contributed by atoms with Crippen molar-refractivity contribution in [3.05, 3.63) is 70.3 Å². The predicted octanol–water partition coefficient (Wildman–Crippen LogP) is 3.88. The Hall–Kier alpha value is -2.99. The van der Waals surface area contributed by atoms with E-state index < -0.39 is 0 Å². The molecule has 4 aromatic rings. The van der Waals surface area contributed by atoms with Crippen LogP contribution in [0.1, 0.15) is 6.92 Å². The lowest BCUT2D eigenvalue weighted by Gasteiger charge is -2.05. The predicted molar refractivity (Wildman–Crippen MR) is 99.2 cm³/mol. The Bertz CT molecular complexity index is 1070. The number of hydrogen-bond acceptors (Lipinski definition) is 5. The quantitative estimate of drug-likeness (QED) is 0.561. The number of rotatable bonds is 4. The highest BCUT2D eigenvalue weighted by atomic mass is 32.1. The lowest BCUT2D eigenvalue weighted by Crippen LogP contribution is -2.14. The summed E-state index contributed by atoms with van der Waals surface area (Å²) in [7, 11) is 0. The van der Waals surface area contributed by atoms with E-state index in [0.29, 0.717) is 17.3 Å². The number of thiazole rings is 1. The van der Waals surface area contributed by atoms with Crippen LogP contribution in [0, 0.1) is 0 Å². The highest BCUT2D eigenvalue weighted by molar-refractivity contribution is 7.15. The van der Waals surface area contributed by atoms with Crippen LogP contribution >= 0.6 is 11.3 Å². The molecule has 4 rings (SSSR count). The maximum Gasteiger partial charge on any atom is 0.300 e. The summed E-state index contributed by atoms with van der Waals surface area (Å²) in [4.78, 5) is 17.1. The van der Waals surface area contributed by atoms with Crippen molar-refractivity contribution >= 4 is 16.3 Å². The summed E-state index contributed by atoms with van der Waals surface area (Å²) in [5, 5.41) is 6.53. The highest BCUT2D eigenvalue weighted by Gasteiger charge is 2.13. The number of fused-ring (bicyclic) bond motifs is 1. The molecule has 0 N–H and O–H groups in total. The molecule has 2 heterocycles. The molecule has 0 saturated carbocycles. The van der Waals surface area contributed by atoms with Crippen molar-refractivity contribution in [2.45, 2.75) is 6.92 Å². The summed E-state index contributed by atoms with van der Waals surface area (Å²) in [6.07, 6.45) is 0. The van der Waals surface area contributed by atoms with Crippen molar-refractivity contribution in [2.75, 3.05) is 6.61 Å². The van der Waals surface area contributed by atoms with E-state index in [2.05, 4.69) is 10.1 Å². The molecule has 25 heavy (non-hydrogen) atoms. The molecule has 0 aliphatic carbocycles. The number of nitrogens with zero attached hydrogens (tertiary/aromatic N) is 3. The molecule has 0 amide bonds. The minimum Gasteiger partial charge on any atom is -0.494 e. The molecule has 0 unspecified atom stereocenters. The van der Waals surface area contributed by atoms with Crippen LogP contribution in [0.3, 0.4) is 0 Å². The minimum atomic E-state index is -0.328. The zero-order valence-electron chi connectivity index (χ0n) is 13.5. The number of hydrogen-bond donors (Lipinski definition) is 0. The molecule has 0 fully saturated rings. The molecule has 0 aliphatic heterocycles. The van der Waals surface area contributed by atoms with E-state index in [-0.39, 0.29) is 5.56 Å². The molecule has 2 aromatic carbocycles. The maximum atomic E-state index is 12.4. The average molecular weight is 349 g/mol. The van der Waals surface area contributed by atoms with Crippen molar-refractivity contribution in [1.82, 2.24) is 14.6 Å². The third kappa shape index (κ3) is 2.92. The standard InChI is InChI=1S/C19H15N3O2S/c1-2-24-15-10-8-14(9-11-15)17-18(23)20-19-22(21-17)16(12-25-19)13-6-4-3-5-7-13/h3-12H,2H2,1H3. The fourth-order valence-electron chi connectivity index (χ4n) is 2.62. The zero-order valence-corrected chi connectivity index (χ0v) is 14.4. The largest absolute Gasteiger partial charge is 0.494 e. The first-order chi connectivity index (χ1) is 12.3. The van der Waals surface area contributed by atoms with Gasteiger partial charge in [0.15, 0.2) is 5.69 Å². The van der Waals surface area contributed by atoms with Gasteiger partial charge in [0, 0.05) is 16.5 Å². The van der Waals surface area contributed by atoms with Gasteiger partial charge >= 0.3 is 5.56 Å². The molecule has 0 bridgehead atoms. The van der Waals surface area contributed by atoms with E-state index >= 15 is 0 Å². The van der Waals surface area contributed by atoms with Gasteiger partial charge in [-0.2, -0.15) is 10.1 Å². The average Bonchev–Trinajstić information content (AvgIpc) is 3.05. The Morgan fingerprint density at radius 1 is 1.04 bits per heavy atom. The molecule has 0 radical (unpaired) electrons. The van der Waals surface area contributed by atoms with Gasteiger partial charge in [0.25, 0.3) is 0 Å². The second-order valence-electron chi connectivity index (χ2n) is 5.40. The molecule has 0 saturated heterocycles. The number of aromatic nitrogens is 3. The third-order valence-electron chi connectivity index (χ3n) is 3.79. The van der Waals surface area contributed by atoms with Gasteiger partial charge in [-0.1, -0.05) is 30.3 Å². The van der Waals surface area contributed by atoms with Crippen molar-refractivity contribution in [3.8, 4) is 28.3 Å². The van der Waals surface area contributed by atoms with Gasteiger partial charge < -0.3 is 4.74 Å². The van der Waals surface area contributed by atoms with Gasteiger partial charge in [0.2, 0.25) is 4.96 Å². The van der Waals surface area contributed by atoms with Crippen LogP contribution in [0.15, 0.2) is 64.8 Å². The molecular weight excluding hydrogens is 334 g/mol. The van der Waals surface area contributed by atoms with Crippen molar-refractivity contribution in [2.24, 2.45) is 0 Å². The van der Waals surface area contributed by atoms with Crippen LogP contribution in [0.2, 0.25) is 0 Å². The Morgan fingerprint density at radius 2 is 1.80 bits per heavy atom. The molecule has 0 atom stereocenters. The summed E-state index contributed by atoms with van der Waals surface area (Å²) < 4.78 is 7.17. The SMILES string of the molecule is CCOc1ccc(-c2nn3c(-c4ccccc4)csc3nc2=O)cc1. The Balaban J connectivity index is 1.84. The zero-order chi connectivity index (χ0) is 17.2. The fraction of sp³-hybridized carbons (Fsp3) is 0.105. The van der Waals surface area contributed by atoms with Gasteiger partial charge in [-0.15, -0.1) is 11.3 Å². The summed E-state index contributed by atoms with van der Waals surface area (Å²) in [6, 6.07) is 17.3. The van der Waals surface area contributed by atoms with Gasteiger partial charge in [-0.3, -0.25) is 4.79 Å².